The van der Waals surface area contributed by atoms with Crippen molar-refractivity contribution in [3.05, 3.63) is 16.4 Å². The van der Waals surface area contributed by atoms with Gasteiger partial charge >= 0.3 is 0 Å². The van der Waals surface area contributed by atoms with Gasteiger partial charge in [0, 0.05) is 32.7 Å². The van der Waals surface area contributed by atoms with Crippen molar-refractivity contribution in [3.8, 4) is 0 Å². The van der Waals surface area contributed by atoms with Gasteiger partial charge in [-0.15, -0.1) is 12.4 Å². The summed E-state index contributed by atoms with van der Waals surface area (Å²) in [5.74, 6) is 0.0419. The smallest absolute Gasteiger partial charge is 0.273 e. The molecule has 7 heteroatoms. The molecule has 0 radical (unpaired) electrons. The van der Waals surface area contributed by atoms with Gasteiger partial charge in [-0.05, 0) is 22.9 Å². The third-order valence-corrected chi connectivity index (χ3v) is 3.33. The maximum Gasteiger partial charge on any atom is 0.273 e. The van der Waals surface area contributed by atoms with Gasteiger partial charge in [0.2, 0.25) is 0 Å². The number of aryl methyl sites for hydroxylation is 1. The molecule has 2 heterocycles. The lowest BCUT2D eigenvalue weighted by Crippen LogP contribution is -2.51. The van der Waals surface area contributed by atoms with E-state index in [1.807, 2.05) is 4.90 Å². The van der Waals surface area contributed by atoms with Gasteiger partial charge in [0.15, 0.2) is 0 Å². The number of aromatic nitrogens is 2. The molecule has 96 valence electrons. The number of carbonyl (C=O) groups is 1. The lowest BCUT2D eigenvalue weighted by Gasteiger charge is -2.31. The van der Waals surface area contributed by atoms with Gasteiger partial charge in [-0.2, -0.15) is 5.10 Å². The molecule has 2 rings (SSSR count). The number of nitrogens with zero attached hydrogens (tertiary/aromatic N) is 3. The van der Waals surface area contributed by atoms with Crippen molar-refractivity contribution in [2.24, 2.45) is 7.05 Å². The molecule has 1 fully saturated rings. The molecule has 0 spiro atoms. The second-order valence-electron chi connectivity index (χ2n) is 4.07. The van der Waals surface area contributed by atoms with Crippen LogP contribution in [-0.2, 0) is 7.05 Å². The summed E-state index contributed by atoms with van der Waals surface area (Å²) in [5.41, 5.74) is 0.620. The highest BCUT2D eigenvalue weighted by atomic mass is 79.9. The van der Waals surface area contributed by atoms with E-state index >= 15 is 0 Å². The summed E-state index contributed by atoms with van der Waals surface area (Å²) >= 11 is 3.35. The van der Waals surface area contributed by atoms with Crippen molar-refractivity contribution in [1.29, 1.82) is 0 Å². The topological polar surface area (TPSA) is 50.2 Å². The molecule has 1 aromatic heterocycles. The zero-order chi connectivity index (χ0) is 11.7. The van der Waals surface area contributed by atoms with Crippen LogP contribution in [0.3, 0.4) is 0 Å². The highest BCUT2D eigenvalue weighted by molar-refractivity contribution is 9.10. The first-order chi connectivity index (χ1) is 7.59. The van der Waals surface area contributed by atoms with Crippen LogP contribution in [0.4, 0.5) is 0 Å². The van der Waals surface area contributed by atoms with E-state index < -0.39 is 0 Å². The zero-order valence-electron chi connectivity index (χ0n) is 9.81. The lowest BCUT2D eigenvalue weighted by molar-refractivity contribution is 0.0697. The van der Waals surface area contributed by atoms with Gasteiger partial charge in [0.1, 0.15) is 5.69 Å². The molecule has 1 saturated heterocycles. The van der Waals surface area contributed by atoms with Crippen LogP contribution < -0.4 is 5.32 Å². The second-order valence-corrected chi connectivity index (χ2v) is 4.93. The minimum absolute atomic E-state index is 0. The fourth-order valence-electron chi connectivity index (χ4n) is 1.92. The maximum atomic E-state index is 12.3. The highest BCUT2D eigenvalue weighted by Gasteiger charge is 2.25. The van der Waals surface area contributed by atoms with E-state index in [0.29, 0.717) is 11.7 Å². The number of hydrogen-bond donors (Lipinski definition) is 1. The van der Waals surface area contributed by atoms with Gasteiger partial charge in [-0.25, -0.2) is 0 Å². The lowest BCUT2D eigenvalue weighted by atomic mass is 10.2. The average Bonchev–Trinajstić information content (AvgIpc) is 2.58. The Kier molecular flexibility index (Phi) is 4.97. The van der Waals surface area contributed by atoms with Gasteiger partial charge in [-0.1, -0.05) is 0 Å². The number of piperazine rings is 1. The van der Waals surface area contributed by atoms with E-state index in [0.717, 1.165) is 24.1 Å². The molecule has 1 aromatic rings. The first kappa shape index (κ1) is 14.5. The first-order valence-electron chi connectivity index (χ1n) is 5.29. The molecule has 5 nitrogen and oxygen atoms in total. The van der Waals surface area contributed by atoms with Crippen molar-refractivity contribution in [2.45, 2.75) is 13.0 Å². The van der Waals surface area contributed by atoms with Crippen molar-refractivity contribution >= 4 is 34.2 Å². The monoisotopic (exact) mass is 322 g/mol. The summed E-state index contributed by atoms with van der Waals surface area (Å²) in [5, 5.41) is 7.37. The molecule has 1 N–H and O–H groups in total. The number of amides is 1. The Hall–Kier alpha value is -0.590. The van der Waals surface area contributed by atoms with E-state index in [2.05, 4.69) is 33.3 Å². The van der Waals surface area contributed by atoms with Crippen LogP contribution in [0.2, 0.25) is 0 Å². The molecule has 0 unspecified atom stereocenters. The van der Waals surface area contributed by atoms with Crippen LogP contribution in [0.25, 0.3) is 0 Å². The predicted molar refractivity (Wildman–Crippen MR) is 71.5 cm³/mol. The second kappa shape index (κ2) is 5.84. The third-order valence-electron chi connectivity index (χ3n) is 2.75. The van der Waals surface area contributed by atoms with Crippen molar-refractivity contribution in [2.75, 3.05) is 19.6 Å². The van der Waals surface area contributed by atoms with Crippen LogP contribution in [0, 0.1) is 0 Å². The van der Waals surface area contributed by atoms with Crippen LogP contribution in [-0.4, -0.2) is 46.3 Å². The van der Waals surface area contributed by atoms with Crippen LogP contribution in [0.15, 0.2) is 10.7 Å². The normalized spacial score (nSPS) is 19.9. The Bertz CT molecular complexity index is 390. The summed E-state index contributed by atoms with van der Waals surface area (Å²) in [7, 11) is 1.78. The largest absolute Gasteiger partial charge is 0.334 e. The summed E-state index contributed by atoms with van der Waals surface area (Å²) < 4.78 is 2.37. The Morgan fingerprint density at radius 2 is 2.35 bits per heavy atom. The molecular weight excluding hydrogens is 307 g/mol. The van der Waals surface area contributed by atoms with Gasteiger partial charge < -0.3 is 10.2 Å². The zero-order valence-corrected chi connectivity index (χ0v) is 12.2. The van der Waals surface area contributed by atoms with Crippen LogP contribution >= 0.6 is 28.3 Å². The Morgan fingerprint density at radius 1 is 1.65 bits per heavy atom. The Labute approximate surface area is 115 Å². The number of hydrogen-bond acceptors (Lipinski definition) is 3. The molecule has 0 aliphatic carbocycles. The SMILES string of the molecule is C[C@H]1CN(C(=O)c2c(Br)cnn2C)CCN1.Cl. The predicted octanol–water partition coefficient (Wildman–Crippen LogP) is 1.04. The maximum absolute atomic E-state index is 12.3. The average molecular weight is 324 g/mol. The van der Waals surface area contributed by atoms with Crippen molar-refractivity contribution < 1.29 is 4.79 Å². The number of carbonyl (C=O) groups excluding carboxylic acids is 1. The Morgan fingerprint density at radius 3 is 2.88 bits per heavy atom. The van der Waals surface area contributed by atoms with Crippen molar-refractivity contribution in [3.63, 3.8) is 0 Å². The van der Waals surface area contributed by atoms with Gasteiger partial charge in [-0.3, -0.25) is 9.48 Å². The first-order valence-corrected chi connectivity index (χ1v) is 6.09. The minimum Gasteiger partial charge on any atom is -0.334 e. The minimum atomic E-state index is 0. The molecule has 17 heavy (non-hydrogen) atoms. The molecule has 0 saturated carbocycles. The number of halogens is 2. The number of nitrogens with one attached hydrogen (secondary N) is 1. The quantitative estimate of drug-likeness (QED) is 0.840. The summed E-state index contributed by atoms with van der Waals surface area (Å²) in [4.78, 5) is 14.1. The van der Waals surface area contributed by atoms with Crippen molar-refractivity contribution in [1.82, 2.24) is 20.0 Å². The molecule has 0 aromatic carbocycles. The molecule has 1 aliphatic heterocycles. The summed E-state index contributed by atoms with van der Waals surface area (Å²) in [6, 6.07) is 0.352. The standard InChI is InChI=1S/C10H15BrN4O.ClH/c1-7-6-15(4-3-12-7)10(16)9-8(11)5-13-14(9)2;/h5,7,12H,3-4,6H2,1-2H3;1H/t7-;/m0./s1. The highest BCUT2D eigenvalue weighted by Crippen LogP contribution is 2.17. The molecular formula is C10H16BrClN4O. The van der Waals surface area contributed by atoms with Crippen LogP contribution in [0.5, 0.6) is 0 Å². The number of rotatable bonds is 1. The van der Waals surface area contributed by atoms with E-state index in [9.17, 15) is 4.79 Å². The fraction of sp³-hybridized carbons (Fsp3) is 0.600. The van der Waals surface area contributed by atoms with E-state index in [1.165, 1.54) is 0 Å². The third kappa shape index (κ3) is 3.00. The summed E-state index contributed by atoms with van der Waals surface area (Å²) in [6.45, 7) is 4.43. The van der Waals surface area contributed by atoms with Gasteiger partial charge in [0.25, 0.3) is 5.91 Å². The molecule has 1 amide bonds. The molecule has 0 bridgehead atoms. The van der Waals surface area contributed by atoms with E-state index in [1.54, 1.807) is 17.9 Å². The summed E-state index contributed by atoms with van der Waals surface area (Å²) in [6.07, 6.45) is 1.65. The van der Waals surface area contributed by atoms with Crippen LogP contribution in [0.1, 0.15) is 17.4 Å². The fourth-order valence-corrected chi connectivity index (χ4v) is 2.44. The van der Waals surface area contributed by atoms with E-state index in [4.69, 9.17) is 0 Å². The molecule has 1 atom stereocenters. The Balaban J connectivity index is 0.00000144. The van der Waals surface area contributed by atoms with E-state index in [-0.39, 0.29) is 18.3 Å². The van der Waals surface area contributed by atoms with Gasteiger partial charge in [0.05, 0.1) is 10.7 Å². The molecule has 1 aliphatic rings.